The van der Waals surface area contributed by atoms with Crippen molar-refractivity contribution in [3.05, 3.63) is 107 Å². The first-order chi connectivity index (χ1) is 21.2. The fourth-order valence-electron chi connectivity index (χ4n) is 3.60. The molecule has 0 heterocycles. The van der Waals surface area contributed by atoms with Crippen LogP contribution in [0.3, 0.4) is 0 Å². The monoisotopic (exact) mass is 634 g/mol. The summed E-state index contributed by atoms with van der Waals surface area (Å²) < 4.78 is 65.7. The van der Waals surface area contributed by atoms with Crippen LogP contribution in [-0.4, -0.2) is 59.7 Å². The van der Waals surface area contributed by atoms with Crippen LogP contribution in [0.4, 0.5) is 22.0 Å². The first-order valence-electron chi connectivity index (χ1n) is 12.6. The van der Waals surface area contributed by atoms with Gasteiger partial charge in [-0.25, -0.2) is 13.8 Å². The summed E-state index contributed by atoms with van der Waals surface area (Å²) in [5.74, 6) is -8.91. The standard InChI is InChI=1S/C28H23F5N6O6/c29-18-9-6-15(7-10-18)25(43)35-13-21(40)37-24(23(34)42)39(27(45)16-4-2-1-3-5-16)38-22(41)14-36-26(44)17-8-11-20(30)19(12-17)28(31,32)33/h1-12,24H,13-14H2,(H2,34,42)(H,35,43)(H,36,44)(H,37,40)(H,38,41). The molecule has 6 amide bonds. The number of halogens is 5. The molecule has 45 heavy (non-hydrogen) atoms. The number of hydrogen-bond donors (Lipinski definition) is 5. The molecule has 3 rings (SSSR count). The number of nitrogens with zero attached hydrogens (tertiary/aromatic N) is 1. The second kappa shape index (κ2) is 14.5. The molecule has 0 aliphatic heterocycles. The third-order valence-corrected chi connectivity index (χ3v) is 5.77. The molecule has 0 aliphatic rings. The maximum Gasteiger partial charge on any atom is 0.419 e. The van der Waals surface area contributed by atoms with E-state index in [2.05, 4.69) is 10.6 Å². The second-order valence-electron chi connectivity index (χ2n) is 9.01. The van der Waals surface area contributed by atoms with Crippen molar-refractivity contribution in [1.29, 1.82) is 0 Å². The van der Waals surface area contributed by atoms with Crippen LogP contribution in [-0.2, 0) is 20.6 Å². The molecule has 0 radical (unpaired) electrons. The Hall–Kier alpha value is -5.87. The highest BCUT2D eigenvalue weighted by Gasteiger charge is 2.35. The molecular weight excluding hydrogens is 611 g/mol. The van der Waals surface area contributed by atoms with Crippen LogP contribution in [0.25, 0.3) is 0 Å². The van der Waals surface area contributed by atoms with Crippen LogP contribution in [0.2, 0.25) is 0 Å². The van der Waals surface area contributed by atoms with Crippen molar-refractivity contribution in [2.75, 3.05) is 13.1 Å². The zero-order chi connectivity index (χ0) is 33.3. The molecule has 0 bridgehead atoms. The van der Waals surface area contributed by atoms with Gasteiger partial charge in [-0.3, -0.25) is 34.2 Å². The molecule has 3 aromatic carbocycles. The van der Waals surface area contributed by atoms with Gasteiger partial charge in [-0.05, 0) is 54.6 Å². The molecule has 0 saturated carbocycles. The van der Waals surface area contributed by atoms with Gasteiger partial charge in [-0.15, -0.1) is 0 Å². The number of nitrogens with two attached hydrogens (primary N) is 1. The van der Waals surface area contributed by atoms with Crippen molar-refractivity contribution in [3.63, 3.8) is 0 Å². The van der Waals surface area contributed by atoms with E-state index in [1.807, 2.05) is 10.7 Å². The van der Waals surface area contributed by atoms with Gasteiger partial charge < -0.3 is 21.7 Å². The lowest BCUT2D eigenvalue weighted by molar-refractivity contribution is -0.140. The smallest absolute Gasteiger partial charge is 0.366 e. The minimum absolute atomic E-state index is 0.00103. The van der Waals surface area contributed by atoms with Crippen molar-refractivity contribution in [1.82, 2.24) is 26.4 Å². The molecular formula is C28H23F5N6O6. The fraction of sp³-hybridized carbons (Fsp3) is 0.143. The number of nitrogens with one attached hydrogen (secondary N) is 4. The molecule has 1 atom stereocenters. The van der Waals surface area contributed by atoms with Gasteiger partial charge in [0.15, 0.2) is 0 Å². The Bertz CT molecular complexity index is 1600. The van der Waals surface area contributed by atoms with E-state index in [1.165, 1.54) is 24.3 Å². The third-order valence-electron chi connectivity index (χ3n) is 5.77. The summed E-state index contributed by atoms with van der Waals surface area (Å²) in [5.41, 5.74) is 4.93. The molecule has 0 aromatic heterocycles. The van der Waals surface area contributed by atoms with E-state index in [4.69, 9.17) is 5.73 Å². The number of carbonyl (C=O) groups is 6. The average molecular weight is 635 g/mol. The summed E-state index contributed by atoms with van der Waals surface area (Å²) in [7, 11) is 0. The summed E-state index contributed by atoms with van der Waals surface area (Å²) in [6.07, 6.45) is -7.16. The Kier molecular flexibility index (Phi) is 10.9. The number of carbonyl (C=O) groups excluding carboxylic acids is 6. The quantitative estimate of drug-likeness (QED) is 0.127. The Morgan fingerprint density at radius 3 is 1.87 bits per heavy atom. The number of hydrogen-bond acceptors (Lipinski definition) is 6. The SMILES string of the molecule is NC(=O)C(NC(=O)CNC(=O)c1ccc(F)cc1)N(NC(=O)CNC(=O)c1ccc(F)c(C(F)(F)F)c1)C(=O)c1ccccc1. The Labute approximate surface area is 250 Å². The molecule has 0 saturated heterocycles. The van der Waals surface area contributed by atoms with E-state index in [9.17, 15) is 50.7 Å². The summed E-state index contributed by atoms with van der Waals surface area (Å²) in [5, 5.41) is 6.62. The summed E-state index contributed by atoms with van der Waals surface area (Å²) >= 11 is 0. The average Bonchev–Trinajstić information content (AvgIpc) is 3.00. The minimum Gasteiger partial charge on any atom is -0.366 e. The van der Waals surface area contributed by atoms with Gasteiger partial charge in [-0.2, -0.15) is 13.2 Å². The number of alkyl halides is 3. The Balaban J connectivity index is 1.73. The van der Waals surface area contributed by atoms with Crippen LogP contribution in [0.1, 0.15) is 36.6 Å². The van der Waals surface area contributed by atoms with Gasteiger partial charge in [0.05, 0.1) is 18.7 Å². The predicted molar refractivity (Wildman–Crippen MR) is 144 cm³/mol. The minimum atomic E-state index is -5.10. The number of amides is 6. The van der Waals surface area contributed by atoms with Crippen LogP contribution < -0.4 is 27.1 Å². The highest BCUT2D eigenvalue weighted by Crippen LogP contribution is 2.31. The van der Waals surface area contributed by atoms with Gasteiger partial charge in [0.1, 0.15) is 11.6 Å². The third kappa shape index (κ3) is 9.31. The molecule has 0 fully saturated rings. The molecule has 236 valence electrons. The largest absolute Gasteiger partial charge is 0.419 e. The van der Waals surface area contributed by atoms with E-state index < -0.39 is 83.6 Å². The van der Waals surface area contributed by atoms with Gasteiger partial charge in [-0.1, -0.05) is 18.2 Å². The fourth-order valence-corrected chi connectivity index (χ4v) is 3.60. The second-order valence-corrected chi connectivity index (χ2v) is 9.01. The topological polar surface area (TPSA) is 180 Å². The lowest BCUT2D eigenvalue weighted by atomic mass is 10.1. The Morgan fingerprint density at radius 2 is 1.29 bits per heavy atom. The van der Waals surface area contributed by atoms with E-state index in [1.54, 1.807) is 6.07 Å². The number of hydrazine groups is 1. The predicted octanol–water partition coefficient (Wildman–Crippen LogP) is 1.24. The molecule has 1 unspecified atom stereocenters. The van der Waals surface area contributed by atoms with Gasteiger partial charge in [0, 0.05) is 16.7 Å². The zero-order valence-corrected chi connectivity index (χ0v) is 22.8. The van der Waals surface area contributed by atoms with Crippen LogP contribution in [0.5, 0.6) is 0 Å². The van der Waals surface area contributed by atoms with Gasteiger partial charge in [0.2, 0.25) is 12.1 Å². The highest BCUT2D eigenvalue weighted by molar-refractivity contribution is 6.01. The van der Waals surface area contributed by atoms with E-state index in [-0.39, 0.29) is 17.2 Å². The van der Waals surface area contributed by atoms with Crippen molar-refractivity contribution in [3.8, 4) is 0 Å². The van der Waals surface area contributed by atoms with Crippen LogP contribution in [0, 0.1) is 11.6 Å². The van der Waals surface area contributed by atoms with E-state index >= 15 is 0 Å². The number of rotatable bonds is 10. The molecule has 6 N–H and O–H groups in total. The van der Waals surface area contributed by atoms with E-state index in [0.29, 0.717) is 11.1 Å². The van der Waals surface area contributed by atoms with Gasteiger partial charge >= 0.3 is 6.18 Å². The first kappa shape index (κ1) is 33.6. The zero-order valence-electron chi connectivity index (χ0n) is 22.8. The van der Waals surface area contributed by atoms with Crippen LogP contribution >= 0.6 is 0 Å². The Morgan fingerprint density at radius 1 is 0.733 bits per heavy atom. The molecule has 12 nitrogen and oxygen atoms in total. The van der Waals surface area contributed by atoms with Crippen molar-refractivity contribution in [2.24, 2.45) is 5.73 Å². The lowest BCUT2D eigenvalue weighted by Gasteiger charge is -2.30. The molecule has 3 aromatic rings. The van der Waals surface area contributed by atoms with Gasteiger partial charge in [0.25, 0.3) is 29.5 Å². The lowest BCUT2D eigenvalue weighted by Crippen LogP contribution is -2.64. The number of primary amides is 1. The van der Waals surface area contributed by atoms with Crippen molar-refractivity contribution < 1.29 is 50.7 Å². The molecule has 0 aliphatic carbocycles. The molecule has 0 spiro atoms. The highest BCUT2D eigenvalue weighted by atomic mass is 19.4. The van der Waals surface area contributed by atoms with Crippen LogP contribution in [0.15, 0.2) is 72.8 Å². The molecule has 17 heteroatoms. The normalized spacial score (nSPS) is 11.5. The summed E-state index contributed by atoms with van der Waals surface area (Å²) in [6.45, 7) is -1.72. The summed E-state index contributed by atoms with van der Waals surface area (Å²) in [6, 6.07) is 12.7. The first-order valence-corrected chi connectivity index (χ1v) is 12.6. The maximum atomic E-state index is 13.6. The maximum absolute atomic E-state index is 13.6. The van der Waals surface area contributed by atoms with Crippen molar-refractivity contribution in [2.45, 2.75) is 12.3 Å². The number of benzene rings is 3. The van der Waals surface area contributed by atoms with E-state index in [0.717, 1.165) is 30.3 Å². The summed E-state index contributed by atoms with van der Waals surface area (Å²) in [4.78, 5) is 75.4. The van der Waals surface area contributed by atoms with Crippen molar-refractivity contribution >= 4 is 35.4 Å².